The topological polar surface area (TPSA) is 24.9 Å². The highest BCUT2D eigenvalue weighted by Gasteiger charge is 2.03. The monoisotopic (exact) mass is 272 g/mol. The van der Waals surface area contributed by atoms with Crippen LogP contribution in [0.1, 0.15) is 39.3 Å². The van der Waals surface area contributed by atoms with Gasteiger partial charge in [0.2, 0.25) is 0 Å². The highest BCUT2D eigenvalue weighted by molar-refractivity contribution is 8.01. The summed E-state index contributed by atoms with van der Waals surface area (Å²) in [5.74, 6) is 1.92. The van der Waals surface area contributed by atoms with Crippen LogP contribution in [0.5, 0.6) is 0 Å². The standard InChI is InChI=1S/C13H24N2S2/c1-10(2)5-6-11(3)14-7-8-16-13-15-12(4)9-17-13/h9-11,14H,5-8H2,1-4H3. The van der Waals surface area contributed by atoms with Crippen LogP contribution in [0, 0.1) is 12.8 Å². The predicted molar refractivity (Wildman–Crippen MR) is 79.1 cm³/mol. The molecular formula is C13H24N2S2. The van der Waals surface area contributed by atoms with Crippen molar-refractivity contribution < 1.29 is 0 Å². The molecule has 17 heavy (non-hydrogen) atoms. The molecule has 1 rings (SSSR count). The van der Waals surface area contributed by atoms with Crippen LogP contribution in [-0.2, 0) is 0 Å². The molecule has 2 nitrogen and oxygen atoms in total. The SMILES string of the molecule is Cc1csc(SCCNC(C)CCC(C)C)n1. The molecule has 0 bridgehead atoms. The van der Waals surface area contributed by atoms with E-state index in [4.69, 9.17) is 0 Å². The van der Waals surface area contributed by atoms with Crippen molar-refractivity contribution in [2.75, 3.05) is 12.3 Å². The van der Waals surface area contributed by atoms with Gasteiger partial charge >= 0.3 is 0 Å². The van der Waals surface area contributed by atoms with E-state index in [1.807, 2.05) is 18.7 Å². The number of hydrogen-bond acceptors (Lipinski definition) is 4. The Bertz CT molecular complexity index is 310. The molecule has 1 atom stereocenters. The Kier molecular flexibility index (Phi) is 7.16. The van der Waals surface area contributed by atoms with Crippen LogP contribution in [-0.4, -0.2) is 23.3 Å². The van der Waals surface area contributed by atoms with Crippen LogP contribution in [0.3, 0.4) is 0 Å². The predicted octanol–water partition coefficient (Wildman–Crippen LogP) is 3.96. The van der Waals surface area contributed by atoms with Gasteiger partial charge in [0, 0.05) is 29.4 Å². The Hall–Kier alpha value is -0.0600. The zero-order chi connectivity index (χ0) is 12.7. The Balaban J connectivity index is 2.03. The first-order valence-corrected chi connectivity index (χ1v) is 8.22. The molecule has 0 aliphatic carbocycles. The second kappa shape index (κ2) is 8.11. The fourth-order valence-corrected chi connectivity index (χ4v) is 3.32. The smallest absolute Gasteiger partial charge is 0.150 e. The van der Waals surface area contributed by atoms with Crippen LogP contribution < -0.4 is 5.32 Å². The van der Waals surface area contributed by atoms with Crippen molar-refractivity contribution in [3.63, 3.8) is 0 Å². The molecule has 0 aliphatic heterocycles. The average molecular weight is 272 g/mol. The first-order chi connectivity index (χ1) is 8.08. The number of nitrogens with zero attached hydrogens (tertiary/aromatic N) is 1. The molecule has 1 aromatic heterocycles. The summed E-state index contributed by atoms with van der Waals surface area (Å²) in [5.41, 5.74) is 1.13. The molecule has 0 spiro atoms. The second-order valence-corrected chi connectivity index (χ2v) is 7.13. The Labute approximate surface area is 114 Å². The van der Waals surface area contributed by atoms with Gasteiger partial charge in [0.05, 0.1) is 0 Å². The van der Waals surface area contributed by atoms with E-state index in [9.17, 15) is 0 Å². The maximum absolute atomic E-state index is 4.44. The largest absolute Gasteiger partial charge is 0.313 e. The van der Waals surface area contributed by atoms with Gasteiger partial charge in [-0.3, -0.25) is 0 Å². The van der Waals surface area contributed by atoms with E-state index in [1.165, 1.54) is 17.2 Å². The van der Waals surface area contributed by atoms with Gasteiger partial charge in [-0.1, -0.05) is 25.6 Å². The lowest BCUT2D eigenvalue weighted by Gasteiger charge is -2.14. The van der Waals surface area contributed by atoms with Crippen molar-refractivity contribution in [3.8, 4) is 0 Å². The summed E-state index contributed by atoms with van der Waals surface area (Å²) in [5, 5.41) is 5.68. The molecular weight excluding hydrogens is 248 g/mol. The molecule has 98 valence electrons. The molecule has 0 amide bonds. The summed E-state index contributed by atoms with van der Waals surface area (Å²) >= 11 is 3.60. The van der Waals surface area contributed by atoms with Gasteiger partial charge in [0.1, 0.15) is 4.34 Å². The minimum Gasteiger partial charge on any atom is -0.313 e. The van der Waals surface area contributed by atoms with Gasteiger partial charge in [-0.2, -0.15) is 0 Å². The van der Waals surface area contributed by atoms with Crippen molar-refractivity contribution in [1.82, 2.24) is 10.3 Å². The number of rotatable bonds is 8. The maximum atomic E-state index is 4.44. The van der Waals surface area contributed by atoms with Crippen molar-refractivity contribution in [1.29, 1.82) is 0 Å². The van der Waals surface area contributed by atoms with Gasteiger partial charge in [0.25, 0.3) is 0 Å². The van der Waals surface area contributed by atoms with E-state index in [0.29, 0.717) is 6.04 Å². The molecule has 1 heterocycles. The summed E-state index contributed by atoms with van der Waals surface area (Å²) in [6, 6.07) is 0.635. The fraction of sp³-hybridized carbons (Fsp3) is 0.769. The van der Waals surface area contributed by atoms with Crippen molar-refractivity contribution in [2.24, 2.45) is 5.92 Å². The van der Waals surface area contributed by atoms with E-state index < -0.39 is 0 Å². The molecule has 4 heteroatoms. The number of thioether (sulfide) groups is 1. The summed E-state index contributed by atoms with van der Waals surface area (Å²) in [6.45, 7) is 9.97. The molecule has 1 N–H and O–H groups in total. The quantitative estimate of drug-likeness (QED) is 0.573. The molecule has 0 fully saturated rings. The van der Waals surface area contributed by atoms with Crippen molar-refractivity contribution in [2.45, 2.75) is 50.9 Å². The Morgan fingerprint density at radius 2 is 2.12 bits per heavy atom. The molecule has 0 radical (unpaired) electrons. The Morgan fingerprint density at radius 3 is 2.71 bits per heavy atom. The minimum atomic E-state index is 0.635. The summed E-state index contributed by atoms with van der Waals surface area (Å²) in [7, 11) is 0. The number of hydrogen-bond donors (Lipinski definition) is 1. The highest BCUT2D eigenvalue weighted by atomic mass is 32.2. The average Bonchev–Trinajstić information content (AvgIpc) is 2.68. The molecule has 1 aromatic rings. The minimum absolute atomic E-state index is 0.635. The van der Waals surface area contributed by atoms with E-state index in [-0.39, 0.29) is 0 Å². The highest BCUT2D eigenvalue weighted by Crippen LogP contribution is 2.21. The number of aryl methyl sites for hydroxylation is 1. The zero-order valence-electron chi connectivity index (χ0n) is 11.3. The lowest BCUT2D eigenvalue weighted by atomic mass is 10.0. The van der Waals surface area contributed by atoms with E-state index >= 15 is 0 Å². The number of nitrogens with one attached hydrogen (secondary N) is 1. The van der Waals surface area contributed by atoms with Crippen LogP contribution >= 0.6 is 23.1 Å². The van der Waals surface area contributed by atoms with Gasteiger partial charge in [-0.05, 0) is 32.6 Å². The van der Waals surface area contributed by atoms with E-state index in [0.717, 1.165) is 23.9 Å². The first-order valence-electron chi connectivity index (χ1n) is 6.36. The number of thiazole rings is 1. The Morgan fingerprint density at radius 1 is 1.35 bits per heavy atom. The maximum Gasteiger partial charge on any atom is 0.150 e. The first kappa shape index (κ1) is 15.0. The molecule has 0 aromatic carbocycles. The lowest BCUT2D eigenvalue weighted by molar-refractivity contribution is 0.460. The van der Waals surface area contributed by atoms with Crippen molar-refractivity contribution in [3.05, 3.63) is 11.1 Å². The van der Waals surface area contributed by atoms with Gasteiger partial charge in [0.15, 0.2) is 0 Å². The van der Waals surface area contributed by atoms with E-state index in [1.54, 1.807) is 11.3 Å². The molecule has 0 saturated heterocycles. The summed E-state index contributed by atoms with van der Waals surface area (Å²) < 4.78 is 1.19. The van der Waals surface area contributed by atoms with Gasteiger partial charge in [-0.15, -0.1) is 11.3 Å². The molecule has 1 unspecified atom stereocenters. The van der Waals surface area contributed by atoms with Gasteiger partial charge < -0.3 is 5.32 Å². The summed E-state index contributed by atoms with van der Waals surface area (Å²) in [6.07, 6.45) is 2.59. The third-order valence-electron chi connectivity index (χ3n) is 2.60. The van der Waals surface area contributed by atoms with Crippen molar-refractivity contribution >= 4 is 23.1 Å². The fourth-order valence-electron chi connectivity index (χ4n) is 1.53. The second-order valence-electron chi connectivity index (χ2n) is 4.93. The molecule has 0 aliphatic rings. The van der Waals surface area contributed by atoms with Crippen LogP contribution in [0.15, 0.2) is 9.72 Å². The third kappa shape index (κ3) is 7.06. The number of aromatic nitrogens is 1. The van der Waals surface area contributed by atoms with Crippen LogP contribution in [0.2, 0.25) is 0 Å². The van der Waals surface area contributed by atoms with Crippen LogP contribution in [0.4, 0.5) is 0 Å². The zero-order valence-corrected chi connectivity index (χ0v) is 13.0. The molecule has 0 saturated carbocycles. The van der Waals surface area contributed by atoms with E-state index in [2.05, 4.69) is 36.5 Å². The van der Waals surface area contributed by atoms with Gasteiger partial charge in [-0.25, -0.2) is 4.98 Å². The third-order valence-corrected chi connectivity index (χ3v) is 4.74. The normalized spacial score (nSPS) is 13.2. The summed E-state index contributed by atoms with van der Waals surface area (Å²) in [4.78, 5) is 4.44. The lowest BCUT2D eigenvalue weighted by Crippen LogP contribution is -2.28. The van der Waals surface area contributed by atoms with Crippen LogP contribution in [0.25, 0.3) is 0 Å².